The molecule has 12 heteroatoms. The molecule has 194 valence electrons. The van der Waals surface area contributed by atoms with E-state index in [1.165, 1.54) is 27.7 Å². The van der Waals surface area contributed by atoms with E-state index in [2.05, 4.69) is 31.9 Å². The maximum Gasteiger partial charge on any atom is 0.303 e. The van der Waals surface area contributed by atoms with Crippen LogP contribution in [0.2, 0.25) is 0 Å². The molecule has 1 aliphatic rings. The zero-order chi connectivity index (χ0) is 26.6. The van der Waals surface area contributed by atoms with Crippen molar-refractivity contribution in [2.45, 2.75) is 64.6 Å². The number of hydrogen-bond acceptors (Lipinski definition) is 10. The zero-order valence-electron chi connectivity index (χ0n) is 20.0. The van der Waals surface area contributed by atoms with Crippen LogP contribution in [0.25, 0.3) is 10.9 Å². The summed E-state index contributed by atoms with van der Waals surface area (Å²) in [5.41, 5.74) is 1.31. The van der Waals surface area contributed by atoms with Gasteiger partial charge >= 0.3 is 23.9 Å². The molecule has 3 rings (SSSR count). The lowest BCUT2D eigenvalue weighted by Crippen LogP contribution is -2.62. The van der Waals surface area contributed by atoms with Crippen LogP contribution in [0.1, 0.15) is 33.4 Å². The number of rotatable bonds is 7. The summed E-state index contributed by atoms with van der Waals surface area (Å²) < 4.78 is 29.3. The Morgan fingerprint density at radius 1 is 0.833 bits per heavy atom. The summed E-state index contributed by atoms with van der Waals surface area (Å²) in [6, 6.07) is 7.48. The van der Waals surface area contributed by atoms with Crippen molar-refractivity contribution >= 4 is 66.6 Å². The number of carbonyl (C=O) groups excluding carboxylic acids is 4. The lowest BCUT2D eigenvalue weighted by atomic mass is 9.91. The van der Waals surface area contributed by atoms with E-state index in [-0.39, 0.29) is 13.0 Å². The molecule has 0 bridgehead atoms. The molecule has 1 aromatic carbocycles. The Bertz CT molecular complexity index is 1170. The summed E-state index contributed by atoms with van der Waals surface area (Å²) in [4.78, 5) is 52.0. The number of benzene rings is 1. The SMILES string of the molecule is CC(=O)OC[C@H]1O[C@@H](Cc2ccc3cc(Br)cc(Br)c3n2)[C@H](OC(C)=O)[C@@H](OC(C)=O)[C@@H]1OC(C)=O. The van der Waals surface area contributed by atoms with Crippen LogP contribution in [-0.4, -0.2) is 66.0 Å². The molecule has 5 atom stereocenters. The topological polar surface area (TPSA) is 127 Å². The van der Waals surface area contributed by atoms with Gasteiger partial charge in [-0.25, -0.2) is 0 Å². The van der Waals surface area contributed by atoms with Crippen LogP contribution in [0, 0.1) is 0 Å². The lowest BCUT2D eigenvalue weighted by Gasteiger charge is -2.44. The van der Waals surface area contributed by atoms with Crippen molar-refractivity contribution in [3.63, 3.8) is 0 Å². The van der Waals surface area contributed by atoms with Gasteiger partial charge in [0.25, 0.3) is 0 Å². The van der Waals surface area contributed by atoms with Crippen LogP contribution in [-0.2, 0) is 49.3 Å². The fourth-order valence-corrected chi connectivity index (χ4v) is 5.35. The van der Waals surface area contributed by atoms with Crippen LogP contribution in [0.5, 0.6) is 0 Å². The first kappa shape index (κ1) is 28.0. The average Bonchev–Trinajstić information content (AvgIpc) is 2.76. The van der Waals surface area contributed by atoms with Gasteiger partial charge in [0.1, 0.15) is 18.8 Å². The van der Waals surface area contributed by atoms with Crippen molar-refractivity contribution in [1.29, 1.82) is 0 Å². The Labute approximate surface area is 224 Å². The average molecular weight is 631 g/mol. The molecule has 0 N–H and O–H groups in total. The highest BCUT2D eigenvalue weighted by atomic mass is 79.9. The van der Waals surface area contributed by atoms with Gasteiger partial charge in [0, 0.05) is 54.1 Å². The van der Waals surface area contributed by atoms with Crippen molar-refractivity contribution in [1.82, 2.24) is 4.98 Å². The normalized spacial score (nSPS) is 23.6. The number of aromatic nitrogens is 1. The van der Waals surface area contributed by atoms with Gasteiger partial charge in [-0.1, -0.05) is 22.0 Å². The fraction of sp³-hybridized carbons (Fsp3) is 0.458. The number of pyridine rings is 1. The van der Waals surface area contributed by atoms with Gasteiger partial charge in [0.15, 0.2) is 18.3 Å². The van der Waals surface area contributed by atoms with Crippen molar-refractivity contribution < 1.29 is 42.9 Å². The first-order valence-corrected chi connectivity index (χ1v) is 12.6. The van der Waals surface area contributed by atoms with Crippen LogP contribution in [0.3, 0.4) is 0 Å². The molecular formula is C24H25Br2NO9. The molecule has 0 radical (unpaired) electrons. The van der Waals surface area contributed by atoms with Crippen LogP contribution < -0.4 is 0 Å². The second-order valence-electron chi connectivity index (χ2n) is 8.20. The first-order valence-electron chi connectivity index (χ1n) is 11.0. The molecule has 2 aromatic rings. The maximum absolute atomic E-state index is 12.0. The first-order chi connectivity index (χ1) is 16.9. The van der Waals surface area contributed by atoms with E-state index in [9.17, 15) is 19.2 Å². The third kappa shape index (κ3) is 7.23. The van der Waals surface area contributed by atoms with Gasteiger partial charge in [0.2, 0.25) is 0 Å². The maximum atomic E-state index is 12.0. The molecule has 1 fully saturated rings. The molecule has 0 aliphatic carbocycles. The monoisotopic (exact) mass is 629 g/mol. The summed E-state index contributed by atoms with van der Waals surface area (Å²) in [7, 11) is 0. The molecule has 0 saturated carbocycles. The van der Waals surface area contributed by atoms with Crippen molar-refractivity contribution in [3.8, 4) is 0 Å². The molecule has 36 heavy (non-hydrogen) atoms. The highest BCUT2D eigenvalue weighted by Gasteiger charge is 2.52. The Kier molecular flexibility index (Phi) is 9.42. The van der Waals surface area contributed by atoms with E-state index in [0.29, 0.717) is 11.2 Å². The van der Waals surface area contributed by atoms with Gasteiger partial charge < -0.3 is 23.7 Å². The lowest BCUT2D eigenvalue weighted by molar-refractivity contribution is -0.252. The Balaban J connectivity index is 2.02. The summed E-state index contributed by atoms with van der Waals surface area (Å²) in [6.07, 6.45) is -5.25. The predicted octanol–water partition coefficient (Wildman–Crippen LogP) is 3.43. The standard InChI is InChI=1S/C24H25Br2NO9/c1-11(28)32-10-20-23(34-13(3)30)24(35-14(4)31)22(33-12(2)29)19(36-20)9-17-6-5-15-7-16(25)8-18(26)21(15)27-17/h5-8,19-20,22-24H,9-10H2,1-4H3/t19-,20+,22-,23+,24+/m0/s1. The molecular weight excluding hydrogens is 606 g/mol. The van der Waals surface area contributed by atoms with E-state index in [4.69, 9.17) is 28.7 Å². The summed E-state index contributed by atoms with van der Waals surface area (Å²) in [5.74, 6) is -2.58. The Hall–Kier alpha value is -2.57. The molecule has 0 unspecified atom stereocenters. The zero-order valence-corrected chi connectivity index (χ0v) is 23.2. The fourth-order valence-electron chi connectivity index (χ4n) is 4.00. The van der Waals surface area contributed by atoms with Gasteiger partial charge in [-0.15, -0.1) is 0 Å². The van der Waals surface area contributed by atoms with Gasteiger partial charge in [-0.3, -0.25) is 24.2 Å². The number of ether oxygens (including phenoxy) is 5. The summed E-state index contributed by atoms with van der Waals surface area (Å²) in [6.45, 7) is 4.51. The van der Waals surface area contributed by atoms with E-state index < -0.39 is 54.4 Å². The molecule has 0 amide bonds. The smallest absolute Gasteiger partial charge is 0.303 e. The number of carbonyl (C=O) groups is 4. The van der Waals surface area contributed by atoms with E-state index in [1.807, 2.05) is 18.2 Å². The van der Waals surface area contributed by atoms with Crippen LogP contribution >= 0.6 is 31.9 Å². The molecule has 1 aromatic heterocycles. The third-order valence-corrected chi connectivity index (χ3v) is 6.33. The number of hydrogen-bond donors (Lipinski definition) is 0. The Morgan fingerprint density at radius 3 is 2.00 bits per heavy atom. The number of nitrogens with zero attached hydrogens (tertiary/aromatic N) is 1. The van der Waals surface area contributed by atoms with Crippen LogP contribution in [0.4, 0.5) is 0 Å². The van der Waals surface area contributed by atoms with Crippen molar-refractivity contribution in [2.75, 3.05) is 6.61 Å². The summed E-state index contributed by atoms with van der Waals surface area (Å²) >= 11 is 6.97. The van der Waals surface area contributed by atoms with Crippen LogP contribution in [0.15, 0.2) is 33.2 Å². The van der Waals surface area contributed by atoms with E-state index in [1.54, 1.807) is 6.07 Å². The minimum absolute atomic E-state index is 0.150. The number of fused-ring (bicyclic) bond motifs is 1. The van der Waals surface area contributed by atoms with Gasteiger partial charge in [-0.05, 0) is 34.1 Å². The minimum atomic E-state index is -1.21. The largest absolute Gasteiger partial charge is 0.463 e. The molecule has 1 saturated heterocycles. The number of esters is 4. The molecule has 10 nitrogen and oxygen atoms in total. The second-order valence-corrected chi connectivity index (χ2v) is 9.97. The van der Waals surface area contributed by atoms with E-state index >= 15 is 0 Å². The highest BCUT2D eigenvalue weighted by molar-refractivity contribution is 9.11. The molecule has 1 aliphatic heterocycles. The molecule has 0 spiro atoms. The minimum Gasteiger partial charge on any atom is -0.463 e. The van der Waals surface area contributed by atoms with Gasteiger partial charge in [0.05, 0.1) is 5.52 Å². The second kappa shape index (κ2) is 12.1. The highest BCUT2D eigenvalue weighted by Crippen LogP contribution is 2.32. The van der Waals surface area contributed by atoms with Gasteiger partial charge in [-0.2, -0.15) is 0 Å². The quantitative estimate of drug-likeness (QED) is 0.332. The number of halogens is 2. The Morgan fingerprint density at radius 2 is 1.42 bits per heavy atom. The third-order valence-electron chi connectivity index (χ3n) is 5.27. The van der Waals surface area contributed by atoms with Crippen molar-refractivity contribution in [2.24, 2.45) is 0 Å². The summed E-state index contributed by atoms with van der Waals surface area (Å²) in [5, 5.41) is 0.890. The predicted molar refractivity (Wildman–Crippen MR) is 133 cm³/mol. The molecule has 2 heterocycles. The van der Waals surface area contributed by atoms with E-state index in [0.717, 1.165) is 14.3 Å². The van der Waals surface area contributed by atoms with Crippen molar-refractivity contribution in [3.05, 3.63) is 38.9 Å².